The highest BCUT2D eigenvalue weighted by molar-refractivity contribution is 7.90. The molecule has 0 bridgehead atoms. The number of aryl methyl sites for hydroxylation is 2. The number of thiazole rings is 1. The highest BCUT2D eigenvalue weighted by Crippen LogP contribution is 2.14. The van der Waals surface area contributed by atoms with Gasteiger partial charge in [0.15, 0.2) is 5.96 Å². The molecule has 28 heavy (non-hydrogen) atoms. The molecule has 2 N–H and O–H groups in total. The molecule has 1 aromatic carbocycles. The van der Waals surface area contributed by atoms with E-state index in [1.807, 2.05) is 19.9 Å². The van der Waals surface area contributed by atoms with E-state index in [0.29, 0.717) is 18.9 Å². The Hall–Kier alpha value is -1.93. The molecule has 6 nitrogen and oxygen atoms in total. The Labute approximate surface area is 172 Å². The minimum absolute atomic E-state index is 0.0180. The average molecular weight is 423 g/mol. The Balaban J connectivity index is 1.87. The first-order valence-corrected chi connectivity index (χ1v) is 12.5. The van der Waals surface area contributed by atoms with Gasteiger partial charge in [-0.3, -0.25) is 0 Å². The molecule has 1 heterocycles. The zero-order valence-corrected chi connectivity index (χ0v) is 18.4. The SMILES string of the molecule is CCNC(=NCc1csc(CCc2ccccc2)n1)NC(C)CCS(C)(=O)=O. The van der Waals surface area contributed by atoms with Crippen LogP contribution in [0.4, 0.5) is 0 Å². The van der Waals surface area contributed by atoms with Crippen LogP contribution in [0.1, 0.15) is 36.5 Å². The number of nitrogens with one attached hydrogen (secondary N) is 2. The van der Waals surface area contributed by atoms with Crippen molar-refractivity contribution in [3.8, 4) is 0 Å². The van der Waals surface area contributed by atoms with Crippen LogP contribution >= 0.6 is 11.3 Å². The van der Waals surface area contributed by atoms with Gasteiger partial charge in [-0.25, -0.2) is 18.4 Å². The molecule has 0 fully saturated rings. The number of aliphatic imine (C=N–C) groups is 1. The van der Waals surface area contributed by atoms with E-state index in [1.54, 1.807) is 11.3 Å². The fourth-order valence-corrected chi connectivity index (χ4v) is 4.18. The summed E-state index contributed by atoms with van der Waals surface area (Å²) >= 11 is 1.67. The first-order valence-electron chi connectivity index (χ1n) is 9.55. The lowest BCUT2D eigenvalue weighted by Crippen LogP contribution is -2.42. The van der Waals surface area contributed by atoms with Crippen LogP contribution < -0.4 is 10.6 Å². The number of guanidine groups is 1. The Morgan fingerprint density at radius 2 is 2.00 bits per heavy atom. The first kappa shape index (κ1) is 22.4. The Morgan fingerprint density at radius 1 is 1.25 bits per heavy atom. The molecule has 154 valence electrons. The average Bonchev–Trinajstić information content (AvgIpc) is 3.11. The van der Waals surface area contributed by atoms with Crippen molar-refractivity contribution in [2.24, 2.45) is 4.99 Å². The third kappa shape index (κ3) is 8.84. The lowest BCUT2D eigenvalue weighted by Gasteiger charge is -2.17. The smallest absolute Gasteiger partial charge is 0.191 e. The normalized spacial score (nSPS) is 13.3. The maximum Gasteiger partial charge on any atom is 0.191 e. The summed E-state index contributed by atoms with van der Waals surface area (Å²) in [6.07, 6.45) is 3.72. The summed E-state index contributed by atoms with van der Waals surface area (Å²) in [5.74, 6) is 0.847. The highest BCUT2D eigenvalue weighted by atomic mass is 32.2. The third-order valence-electron chi connectivity index (χ3n) is 4.12. The predicted octanol–water partition coefficient (Wildman–Crippen LogP) is 2.81. The number of hydrogen-bond acceptors (Lipinski definition) is 5. The largest absolute Gasteiger partial charge is 0.357 e. The number of rotatable bonds is 10. The number of aromatic nitrogens is 1. The summed E-state index contributed by atoms with van der Waals surface area (Å²) in [4.78, 5) is 9.27. The van der Waals surface area contributed by atoms with E-state index < -0.39 is 9.84 Å². The second-order valence-electron chi connectivity index (χ2n) is 6.88. The van der Waals surface area contributed by atoms with Crippen LogP contribution in [0.5, 0.6) is 0 Å². The Morgan fingerprint density at radius 3 is 2.68 bits per heavy atom. The number of sulfone groups is 1. The van der Waals surface area contributed by atoms with Gasteiger partial charge in [-0.1, -0.05) is 30.3 Å². The molecule has 0 spiro atoms. The molecule has 0 aliphatic rings. The van der Waals surface area contributed by atoms with E-state index >= 15 is 0 Å². The Kier molecular flexibility index (Phi) is 8.92. The molecular formula is C20H30N4O2S2. The van der Waals surface area contributed by atoms with E-state index in [0.717, 1.165) is 30.1 Å². The second-order valence-corrected chi connectivity index (χ2v) is 10.1. The van der Waals surface area contributed by atoms with Crippen LogP contribution in [-0.4, -0.2) is 44.0 Å². The van der Waals surface area contributed by atoms with E-state index in [2.05, 4.69) is 50.3 Å². The molecule has 1 aromatic heterocycles. The van der Waals surface area contributed by atoms with Gasteiger partial charge in [0.25, 0.3) is 0 Å². The summed E-state index contributed by atoms with van der Waals surface area (Å²) in [6.45, 7) is 5.20. The minimum Gasteiger partial charge on any atom is -0.357 e. The fourth-order valence-electron chi connectivity index (χ4n) is 2.61. The topological polar surface area (TPSA) is 83.4 Å². The van der Waals surface area contributed by atoms with E-state index in [4.69, 9.17) is 0 Å². The van der Waals surface area contributed by atoms with Gasteiger partial charge in [-0.2, -0.15) is 0 Å². The third-order valence-corrected chi connectivity index (χ3v) is 6.05. The molecule has 2 rings (SSSR count). The van der Waals surface area contributed by atoms with Crippen molar-refractivity contribution in [2.45, 2.75) is 45.7 Å². The highest BCUT2D eigenvalue weighted by Gasteiger charge is 2.10. The molecule has 0 saturated heterocycles. The molecule has 0 amide bonds. The van der Waals surface area contributed by atoms with Crippen LogP contribution in [0.25, 0.3) is 0 Å². The maximum atomic E-state index is 11.3. The van der Waals surface area contributed by atoms with Crippen LogP contribution in [0.2, 0.25) is 0 Å². The van der Waals surface area contributed by atoms with Crippen molar-refractivity contribution in [3.63, 3.8) is 0 Å². The molecule has 0 aliphatic heterocycles. The van der Waals surface area contributed by atoms with Gasteiger partial charge in [0.1, 0.15) is 9.84 Å². The second kappa shape index (κ2) is 11.2. The number of hydrogen-bond donors (Lipinski definition) is 2. The van der Waals surface area contributed by atoms with Gasteiger partial charge in [-0.05, 0) is 32.3 Å². The molecule has 8 heteroatoms. The molecule has 2 aromatic rings. The van der Waals surface area contributed by atoms with Gasteiger partial charge in [-0.15, -0.1) is 11.3 Å². The molecular weight excluding hydrogens is 392 g/mol. The number of nitrogens with zero attached hydrogens (tertiary/aromatic N) is 2. The van der Waals surface area contributed by atoms with E-state index in [9.17, 15) is 8.42 Å². The van der Waals surface area contributed by atoms with Crippen molar-refractivity contribution in [1.82, 2.24) is 15.6 Å². The summed E-state index contributed by atoms with van der Waals surface area (Å²) < 4.78 is 22.6. The molecule has 0 saturated carbocycles. The first-order chi connectivity index (χ1) is 13.4. The fraction of sp³-hybridized carbons (Fsp3) is 0.500. The van der Waals surface area contributed by atoms with Gasteiger partial charge in [0.2, 0.25) is 0 Å². The lowest BCUT2D eigenvalue weighted by molar-refractivity contribution is 0.581. The van der Waals surface area contributed by atoms with Crippen molar-refractivity contribution in [3.05, 3.63) is 52.0 Å². The Bertz CT molecular complexity index is 848. The van der Waals surface area contributed by atoms with Crippen molar-refractivity contribution in [1.29, 1.82) is 0 Å². The number of benzene rings is 1. The van der Waals surface area contributed by atoms with Crippen molar-refractivity contribution >= 4 is 27.1 Å². The monoisotopic (exact) mass is 422 g/mol. The summed E-state index contributed by atoms with van der Waals surface area (Å²) in [6, 6.07) is 10.4. The summed E-state index contributed by atoms with van der Waals surface area (Å²) in [5, 5.41) is 9.64. The zero-order chi connectivity index (χ0) is 20.4. The summed E-state index contributed by atoms with van der Waals surface area (Å²) in [7, 11) is -2.95. The summed E-state index contributed by atoms with van der Waals surface area (Å²) in [5.41, 5.74) is 2.27. The minimum atomic E-state index is -2.95. The molecule has 1 unspecified atom stereocenters. The van der Waals surface area contributed by atoms with Crippen LogP contribution in [0.15, 0.2) is 40.7 Å². The van der Waals surface area contributed by atoms with Gasteiger partial charge >= 0.3 is 0 Å². The zero-order valence-electron chi connectivity index (χ0n) is 16.8. The van der Waals surface area contributed by atoms with Crippen molar-refractivity contribution < 1.29 is 8.42 Å². The molecule has 0 radical (unpaired) electrons. The molecule has 1 atom stereocenters. The maximum absolute atomic E-state index is 11.3. The van der Waals surface area contributed by atoms with E-state index in [1.165, 1.54) is 11.8 Å². The lowest BCUT2D eigenvalue weighted by atomic mass is 10.1. The van der Waals surface area contributed by atoms with Gasteiger partial charge in [0.05, 0.1) is 23.0 Å². The van der Waals surface area contributed by atoms with Crippen LogP contribution in [0.3, 0.4) is 0 Å². The van der Waals surface area contributed by atoms with Gasteiger partial charge < -0.3 is 10.6 Å². The van der Waals surface area contributed by atoms with Crippen molar-refractivity contribution in [2.75, 3.05) is 18.6 Å². The van der Waals surface area contributed by atoms with Gasteiger partial charge in [0, 0.05) is 30.6 Å². The molecule has 0 aliphatic carbocycles. The van der Waals surface area contributed by atoms with E-state index in [-0.39, 0.29) is 11.8 Å². The quantitative estimate of drug-likeness (QED) is 0.454. The van der Waals surface area contributed by atoms with Crippen LogP contribution in [-0.2, 0) is 29.2 Å². The predicted molar refractivity (Wildman–Crippen MR) is 118 cm³/mol. The standard InChI is InChI=1S/C20H30N4O2S2/c1-4-21-20(23-16(2)12-13-28(3,25)26)22-14-18-15-27-19(24-18)11-10-17-8-6-5-7-9-17/h5-9,15-16H,4,10-14H2,1-3H3,(H2,21,22,23). The van der Waals surface area contributed by atoms with Crippen LogP contribution in [0, 0.1) is 0 Å².